The van der Waals surface area contributed by atoms with E-state index in [2.05, 4.69) is 49.7 Å². The van der Waals surface area contributed by atoms with Gasteiger partial charge in [0.25, 0.3) is 0 Å². The molecule has 2 aromatic carbocycles. The first-order chi connectivity index (χ1) is 15.9. The summed E-state index contributed by atoms with van der Waals surface area (Å²) in [5.41, 5.74) is 6.96. The van der Waals surface area contributed by atoms with E-state index in [0.717, 1.165) is 73.1 Å². The van der Waals surface area contributed by atoms with Crippen molar-refractivity contribution >= 4 is 28.7 Å². The molecule has 5 nitrogen and oxygen atoms in total. The van der Waals surface area contributed by atoms with Crippen molar-refractivity contribution in [1.82, 2.24) is 4.90 Å². The average Bonchev–Trinajstić information content (AvgIpc) is 3.08. The Morgan fingerprint density at radius 1 is 1.27 bits per heavy atom. The van der Waals surface area contributed by atoms with E-state index in [1.807, 2.05) is 24.3 Å². The summed E-state index contributed by atoms with van der Waals surface area (Å²) in [4.78, 5) is 19.7. The normalized spacial score (nSPS) is 19.4. The predicted molar refractivity (Wildman–Crippen MR) is 136 cm³/mol. The first-order valence-corrected chi connectivity index (χ1v) is 12.0. The van der Waals surface area contributed by atoms with Gasteiger partial charge < -0.3 is 15.0 Å². The molecule has 0 aliphatic carbocycles. The van der Waals surface area contributed by atoms with Crippen molar-refractivity contribution < 1.29 is 9.53 Å². The predicted octanol–water partition coefficient (Wildman–Crippen LogP) is 6.52. The molecule has 4 rings (SSSR count). The van der Waals surface area contributed by atoms with Crippen LogP contribution >= 0.6 is 0 Å². The second kappa shape index (κ2) is 9.92. The standard InChI is InChI=1S/C28H35N3O2/c1-6-31-20(4)25-17-18(2)16-24(19(3)29-26-12-8-7-11-23(26)21(5)32)27(25)30-28(31)22-10-9-14-33-15-13-22/h7-8,11-12,16-17,19,22,29H,4,6,9-10,13-15H2,1-3,5H3. The molecule has 0 spiro atoms. The van der Waals surface area contributed by atoms with E-state index in [-0.39, 0.29) is 11.8 Å². The number of ether oxygens (including phenoxy) is 1. The molecule has 2 aliphatic rings. The molecule has 0 radical (unpaired) electrons. The summed E-state index contributed by atoms with van der Waals surface area (Å²) < 4.78 is 5.72. The maximum Gasteiger partial charge on any atom is 0.161 e. The number of nitrogens with zero attached hydrogens (tertiary/aromatic N) is 2. The number of hydrogen-bond acceptors (Lipinski definition) is 5. The number of aliphatic imine (C=N–C) groups is 1. The summed E-state index contributed by atoms with van der Waals surface area (Å²) in [5.74, 6) is 1.54. The molecule has 0 amide bonds. The van der Waals surface area contributed by atoms with Gasteiger partial charge in [-0.2, -0.15) is 0 Å². The Kier molecular flexibility index (Phi) is 6.99. The zero-order chi connectivity index (χ0) is 23.5. The van der Waals surface area contributed by atoms with E-state index in [1.165, 1.54) is 5.56 Å². The average molecular weight is 446 g/mol. The van der Waals surface area contributed by atoms with Crippen molar-refractivity contribution in [3.63, 3.8) is 0 Å². The summed E-state index contributed by atoms with van der Waals surface area (Å²) in [6.07, 6.45) is 3.12. The van der Waals surface area contributed by atoms with Crippen LogP contribution in [0.5, 0.6) is 0 Å². The smallest absolute Gasteiger partial charge is 0.161 e. The molecule has 2 aliphatic heterocycles. The van der Waals surface area contributed by atoms with Crippen molar-refractivity contribution in [2.24, 2.45) is 10.9 Å². The second-order valence-corrected chi connectivity index (χ2v) is 9.12. The van der Waals surface area contributed by atoms with Crippen molar-refractivity contribution in [1.29, 1.82) is 0 Å². The number of para-hydroxylation sites is 1. The van der Waals surface area contributed by atoms with Crippen LogP contribution in [0.2, 0.25) is 0 Å². The van der Waals surface area contributed by atoms with Gasteiger partial charge in [-0.3, -0.25) is 4.79 Å². The Hall–Kier alpha value is -2.92. The van der Waals surface area contributed by atoms with Crippen molar-refractivity contribution in [3.8, 4) is 0 Å². The number of amidine groups is 1. The minimum absolute atomic E-state index is 0.0254. The number of hydrogen-bond donors (Lipinski definition) is 1. The fourth-order valence-electron chi connectivity index (χ4n) is 4.99. The minimum atomic E-state index is -0.0254. The van der Waals surface area contributed by atoms with Gasteiger partial charge in [0.15, 0.2) is 5.78 Å². The maximum atomic E-state index is 12.1. The first kappa shape index (κ1) is 23.2. The molecular formula is C28H35N3O2. The lowest BCUT2D eigenvalue weighted by Crippen LogP contribution is -2.37. The molecule has 2 atom stereocenters. The fraction of sp³-hybridized carbons (Fsp3) is 0.429. The summed E-state index contributed by atoms with van der Waals surface area (Å²) >= 11 is 0. The highest BCUT2D eigenvalue weighted by Crippen LogP contribution is 2.42. The van der Waals surface area contributed by atoms with Gasteiger partial charge in [0.05, 0.1) is 11.7 Å². The maximum absolute atomic E-state index is 12.1. The topological polar surface area (TPSA) is 53.9 Å². The second-order valence-electron chi connectivity index (χ2n) is 9.12. The first-order valence-electron chi connectivity index (χ1n) is 12.0. The van der Waals surface area contributed by atoms with Crippen LogP contribution in [0.4, 0.5) is 11.4 Å². The van der Waals surface area contributed by atoms with Gasteiger partial charge in [-0.15, -0.1) is 0 Å². The van der Waals surface area contributed by atoms with Gasteiger partial charge in [0.2, 0.25) is 0 Å². The van der Waals surface area contributed by atoms with E-state index >= 15 is 0 Å². The van der Waals surface area contributed by atoms with Crippen molar-refractivity contribution in [2.45, 2.75) is 53.0 Å². The lowest BCUT2D eigenvalue weighted by Gasteiger charge is -2.36. The third-order valence-corrected chi connectivity index (χ3v) is 6.70. The van der Waals surface area contributed by atoms with Gasteiger partial charge in [-0.05, 0) is 70.7 Å². The van der Waals surface area contributed by atoms with Gasteiger partial charge >= 0.3 is 0 Å². The lowest BCUT2D eigenvalue weighted by molar-refractivity contribution is 0.101. The Morgan fingerprint density at radius 3 is 2.82 bits per heavy atom. The van der Waals surface area contributed by atoms with Gasteiger partial charge in [0, 0.05) is 53.8 Å². The number of anilines is 1. The highest BCUT2D eigenvalue weighted by atomic mass is 16.5. The monoisotopic (exact) mass is 445 g/mol. The van der Waals surface area contributed by atoms with Gasteiger partial charge in [-0.1, -0.05) is 24.8 Å². The molecule has 2 unspecified atom stereocenters. The van der Waals surface area contributed by atoms with E-state index in [1.54, 1.807) is 6.92 Å². The lowest BCUT2D eigenvalue weighted by atomic mass is 9.92. The Morgan fingerprint density at radius 2 is 2.06 bits per heavy atom. The van der Waals surface area contributed by atoms with Crippen LogP contribution in [0.3, 0.4) is 0 Å². The fourth-order valence-corrected chi connectivity index (χ4v) is 4.99. The molecule has 0 bridgehead atoms. The number of fused-ring (bicyclic) bond motifs is 1. The third-order valence-electron chi connectivity index (χ3n) is 6.70. The van der Waals surface area contributed by atoms with E-state index in [4.69, 9.17) is 9.73 Å². The van der Waals surface area contributed by atoms with Crippen molar-refractivity contribution in [2.75, 3.05) is 25.1 Å². The molecule has 2 aromatic rings. The van der Waals surface area contributed by atoms with Crippen LogP contribution in [0.1, 0.15) is 73.1 Å². The Bertz CT molecular complexity index is 1080. The third kappa shape index (κ3) is 4.74. The van der Waals surface area contributed by atoms with Gasteiger partial charge in [-0.25, -0.2) is 4.99 Å². The molecular weight excluding hydrogens is 410 g/mol. The summed E-state index contributed by atoms with van der Waals surface area (Å²) in [6, 6.07) is 12.1. The SMILES string of the molecule is C=C1c2cc(C)cc(C(C)Nc3ccccc3C(C)=O)c2N=C(C2CCCOCC2)N1CC. The zero-order valence-corrected chi connectivity index (χ0v) is 20.3. The summed E-state index contributed by atoms with van der Waals surface area (Å²) in [6.45, 7) is 15.0. The molecule has 2 heterocycles. The molecule has 33 heavy (non-hydrogen) atoms. The summed E-state index contributed by atoms with van der Waals surface area (Å²) in [5, 5.41) is 3.58. The number of rotatable bonds is 6. The molecule has 1 fully saturated rings. The van der Waals surface area contributed by atoms with Crippen LogP contribution in [0, 0.1) is 12.8 Å². The molecule has 0 aromatic heterocycles. The Labute approximate surface area is 197 Å². The molecule has 0 saturated carbocycles. The van der Waals surface area contributed by atoms with E-state index < -0.39 is 0 Å². The molecule has 1 N–H and O–H groups in total. The number of carbonyl (C=O) groups is 1. The molecule has 1 saturated heterocycles. The highest BCUT2D eigenvalue weighted by Gasteiger charge is 2.31. The van der Waals surface area contributed by atoms with Crippen LogP contribution < -0.4 is 5.32 Å². The number of benzene rings is 2. The number of ketones is 1. The summed E-state index contributed by atoms with van der Waals surface area (Å²) in [7, 11) is 0. The number of nitrogens with one attached hydrogen (secondary N) is 1. The Balaban J connectivity index is 1.77. The van der Waals surface area contributed by atoms with Crippen LogP contribution in [0.25, 0.3) is 5.70 Å². The van der Waals surface area contributed by atoms with Crippen LogP contribution in [-0.2, 0) is 4.74 Å². The highest BCUT2D eigenvalue weighted by molar-refractivity contribution is 6.01. The van der Waals surface area contributed by atoms with Crippen LogP contribution in [0.15, 0.2) is 48.0 Å². The quantitative estimate of drug-likeness (QED) is 0.514. The molecule has 174 valence electrons. The zero-order valence-electron chi connectivity index (χ0n) is 20.3. The number of aryl methyl sites for hydroxylation is 1. The molecule has 5 heteroatoms. The number of Topliss-reactive ketones (excluding diaryl/α,β-unsaturated/α-hetero) is 1. The number of carbonyl (C=O) groups excluding carboxylic acids is 1. The van der Waals surface area contributed by atoms with Gasteiger partial charge in [0.1, 0.15) is 5.84 Å². The van der Waals surface area contributed by atoms with E-state index in [0.29, 0.717) is 11.5 Å². The van der Waals surface area contributed by atoms with Crippen molar-refractivity contribution in [3.05, 3.63) is 65.2 Å². The minimum Gasteiger partial charge on any atom is -0.381 e. The van der Waals surface area contributed by atoms with E-state index in [9.17, 15) is 4.79 Å². The largest absolute Gasteiger partial charge is 0.381 e. The van der Waals surface area contributed by atoms with Crippen LogP contribution in [-0.4, -0.2) is 36.3 Å².